The third-order valence-electron chi connectivity index (χ3n) is 3.72. The number of nitrogens with zero attached hydrogens (tertiary/aromatic N) is 1. The second-order valence-corrected chi connectivity index (χ2v) is 6.79. The Morgan fingerprint density at radius 1 is 1.21 bits per heavy atom. The first-order chi connectivity index (χ1) is 8.58. The summed E-state index contributed by atoms with van der Waals surface area (Å²) in [6.45, 7) is 11.2. The molecule has 0 bridgehead atoms. The number of amides is 2. The topological polar surface area (TPSA) is 37.4 Å². The lowest BCUT2D eigenvalue weighted by Crippen LogP contribution is -2.45. The van der Waals surface area contributed by atoms with Gasteiger partial charge in [-0.3, -0.25) is 9.59 Å². The Bertz CT molecular complexity index is 557. The molecule has 0 aliphatic carbocycles. The number of benzene rings is 1. The molecule has 0 atom stereocenters. The molecule has 0 spiro atoms. The van der Waals surface area contributed by atoms with Crippen molar-refractivity contribution in [2.24, 2.45) is 5.41 Å². The first kappa shape index (κ1) is 13.8. The lowest BCUT2D eigenvalue weighted by Gasteiger charge is -2.26. The summed E-state index contributed by atoms with van der Waals surface area (Å²) < 4.78 is 0. The van der Waals surface area contributed by atoms with Crippen LogP contribution in [0.2, 0.25) is 0 Å². The molecule has 102 valence electrons. The van der Waals surface area contributed by atoms with E-state index in [2.05, 4.69) is 0 Å². The van der Waals surface area contributed by atoms with Crippen molar-refractivity contribution in [2.75, 3.05) is 4.90 Å². The minimum atomic E-state index is -0.637. The Balaban J connectivity index is 2.68. The van der Waals surface area contributed by atoms with Crippen molar-refractivity contribution < 1.29 is 9.59 Å². The fourth-order valence-electron chi connectivity index (χ4n) is 2.49. The van der Waals surface area contributed by atoms with Gasteiger partial charge < -0.3 is 0 Å². The van der Waals surface area contributed by atoms with Crippen LogP contribution in [0.1, 0.15) is 45.7 Å². The van der Waals surface area contributed by atoms with Gasteiger partial charge in [0.1, 0.15) is 0 Å². The number of anilines is 1. The van der Waals surface area contributed by atoms with E-state index in [0.29, 0.717) is 0 Å². The lowest BCUT2D eigenvalue weighted by atomic mass is 9.85. The van der Waals surface area contributed by atoms with Crippen molar-refractivity contribution in [3.8, 4) is 0 Å². The Morgan fingerprint density at radius 2 is 1.79 bits per heavy atom. The maximum absolute atomic E-state index is 12.6. The Hall–Kier alpha value is -1.64. The van der Waals surface area contributed by atoms with Crippen LogP contribution >= 0.6 is 0 Å². The number of hydrogen-bond acceptors (Lipinski definition) is 2. The summed E-state index contributed by atoms with van der Waals surface area (Å²) in [6.07, 6.45) is 0. The molecule has 1 aliphatic rings. The molecule has 0 unspecified atom stereocenters. The lowest BCUT2D eigenvalue weighted by molar-refractivity contribution is -0.132. The first-order valence-electron chi connectivity index (χ1n) is 6.57. The van der Waals surface area contributed by atoms with Gasteiger partial charge in [0.15, 0.2) is 0 Å². The average molecular weight is 259 g/mol. The Morgan fingerprint density at radius 3 is 2.32 bits per heavy atom. The highest BCUT2D eigenvalue weighted by molar-refractivity contribution is 6.24. The van der Waals surface area contributed by atoms with Crippen molar-refractivity contribution >= 4 is 17.5 Å². The molecule has 3 heteroatoms. The Labute approximate surface area is 114 Å². The van der Waals surface area contributed by atoms with E-state index in [1.54, 1.807) is 0 Å². The van der Waals surface area contributed by atoms with Crippen LogP contribution in [0.3, 0.4) is 0 Å². The summed E-state index contributed by atoms with van der Waals surface area (Å²) in [5, 5.41) is 0. The molecule has 0 fully saturated rings. The van der Waals surface area contributed by atoms with Crippen molar-refractivity contribution in [1.82, 2.24) is 0 Å². The number of rotatable bonds is 0. The number of aryl methyl sites for hydroxylation is 1. The van der Waals surface area contributed by atoms with Crippen LogP contribution in [0.25, 0.3) is 0 Å². The van der Waals surface area contributed by atoms with Crippen LogP contribution in [-0.4, -0.2) is 11.8 Å². The minimum Gasteiger partial charge on any atom is -0.273 e. The highest BCUT2D eigenvalue weighted by Crippen LogP contribution is 2.44. The van der Waals surface area contributed by atoms with E-state index in [9.17, 15) is 9.59 Å². The predicted molar refractivity (Wildman–Crippen MR) is 76.2 cm³/mol. The molecule has 0 saturated heterocycles. The van der Waals surface area contributed by atoms with E-state index in [-0.39, 0.29) is 11.8 Å². The van der Waals surface area contributed by atoms with Crippen LogP contribution in [0, 0.1) is 12.3 Å². The van der Waals surface area contributed by atoms with Crippen LogP contribution in [0.15, 0.2) is 18.2 Å². The van der Waals surface area contributed by atoms with E-state index in [4.69, 9.17) is 0 Å². The largest absolute Gasteiger partial charge is 0.273 e. The summed E-state index contributed by atoms with van der Waals surface area (Å²) in [7, 11) is 0. The van der Waals surface area contributed by atoms with Gasteiger partial charge in [-0.15, -0.1) is 0 Å². The van der Waals surface area contributed by atoms with Gasteiger partial charge in [-0.1, -0.05) is 39.0 Å². The van der Waals surface area contributed by atoms with Gasteiger partial charge >= 0.3 is 0 Å². The molecular weight excluding hydrogens is 238 g/mol. The minimum absolute atomic E-state index is 0.128. The standard InChI is InChI=1S/C16H21NO2/c1-10-8-7-9-11-12(10)17(13(18)15(2,3)4)14(19)16(11,5)6/h7-9H,1-6H3. The van der Waals surface area contributed by atoms with E-state index < -0.39 is 10.8 Å². The summed E-state index contributed by atoms with van der Waals surface area (Å²) in [6, 6.07) is 5.82. The Kier molecular flexibility index (Phi) is 2.85. The SMILES string of the molecule is Cc1cccc2c1N(C(=O)C(C)(C)C)C(=O)C2(C)C. The van der Waals surface area contributed by atoms with Gasteiger partial charge in [-0.05, 0) is 31.9 Å². The highest BCUT2D eigenvalue weighted by atomic mass is 16.2. The third kappa shape index (κ3) is 1.88. The summed E-state index contributed by atoms with van der Waals surface area (Å²) in [4.78, 5) is 26.6. The van der Waals surface area contributed by atoms with E-state index in [1.165, 1.54) is 4.90 Å². The third-order valence-corrected chi connectivity index (χ3v) is 3.72. The predicted octanol–water partition coefficient (Wildman–Crippen LogP) is 3.19. The molecule has 0 N–H and O–H groups in total. The normalized spacial score (nSPS) is 17.6. The molecule has 3 nitrogen and oxygen atoms in total. The van der Waals surface area contributed by atoms with Crippen LogP contribution in [0.4, 0.5) is 5.69 Å². The van der Waals surface area contributed by atoms with Gasteiger partial charge in [0.05, 0.1) is 11.1 Å². The van der Waals surface area contributed by atoms with Gasteiger partial charge in [0.25, 0.3) is 0 Å². The van der Waals surface area contributed by atoms with Gasteiger partial charge in [0.2, 0.25) is 11.8 Å². The molecule has 1 aliphatic heterocycles. The molecule has 2 amide bonds. The van der Waals surface area contributed by atoms with Gasteiger partial charge in [-0.25, -0.2) is 4.90 Å². The van der Waals surface area contributed by atoms with Crippen molar-refractivity contribution in [3.63, 3.8) is 0 Å². The van der Waals surface area contributed by atoms with Crippen molar-refractivity contribution in [1.29, 1.82) is 0 Å². The molecule has 19 heavy (non-hydrogen) atoms. The van der Waals surface area contributed by atoms with Crippen LogP contribution in [0.5, 0.6) is 0 Å². The number of carbonyl (C=O) groups is 2. The number of para-hydroxylation sites is 1. The molecule has 1 aromatic rings. The molecule has 1 heterocycles. The number of hydrogen-bond donors (Lipinski definition) is 0. The van der Waals surface area contributed by atoms with Crippen molar-refractivity contribution in [2.45, 2.75) is 47.0 Å². The molecular formula is C16H21NO2. The number of fused-ring (bicyclic) bond motifs is 1. The van der Waals surface area contributed by atoms with Crippen LogP contribution < -0.4 is 4.90 Å². The summed E-state index contributed by atoms with van der Waals surface area (Å²) >= 11 is 0. The molecule has 2 rings (SSSR count). The molecule has 0 aromatic heterocycles. The smallest absolute Gasteiger partial charge is 0.243 e. The van der Waals surface area contributed by atoms with Gasteiger partial charge in [-0.2, -0.15) is 0 Å². The zero-order valence-electron chi connectivity index (χ0n) is 12.5. The number of imide groups is 1. The first-order valence-corrected chi connectivity index (χ1v) is 6.57. The fourth-order valence-corrected chi connectivity index (χ4v) is 2.49. The molecule has 1 aromatic carbocycles. The van der Waals surface area contributed by atoms with Gasteiger partial charge in [0, 0.05) is 5.41 Å². The van der Waals surface area contributed by atoms with Crippen molar-refractivity contribution in [3.05, 3.63) is 29.3 Å². The second-order valence-electron chi connectivity index (χ2n) is 6.79. The summed E-state index contributed by atoms with van der Waals surface area (Å²) in [5.41, 5.74) is 1.47. The summed E-state index contributed by atoms with van der Waals surface area (Å²) in [5.74, 6) is -0.268. The highest BCUT2D eigenvalue weighted by Gasteiger charge is 2.49. The maximum atomic E-state index is 12.6. The van der Waals surface area contributed by atoms with E-state index >= 15 is 0 Å². The van der Waals surface area contributed by atoms with E-state index in [0.717, 1.165) is 16.8 Å². The van der Waals surface area contributed by atoms with Crippen LogP contribution in [-0.2, 0) is 15.0 Å². The molecule has 0 radical (unpaired) electrons. The monoisotopic (exact) mass is 259 g/mol. The second kappa shape index (κ2) is 3.92. The van der Waals surface area contributed by atoms with E-state index in [1.807, 2.05) is 59.7 Å². The number of carbonyl (C=O) groups excluding carboxylic acids is 2. The zero-order valence-corrected chi connectivity index (χ0v) is 12.5. The quantitative estimate of drug-likeness (QED) is 0.717. The average Bonchev–Trinajstić information content (AvgIpc) is 2.48. The molecule has 0 saturated carbocycles. The maximum Gasteiger partial charge on any atom is 0.243 e. The fraction of sp³-hybridized carbons (Fsp3) is 0.500. The zero-order chi connectivity index (χ0) is 14.6.